The molecule has 1 aliphatic rings. The summed E-state index contributed by atoms with van der Waals surface area (Å²) in [6.07, 6.45) is 4.61. The molecule has 0 saturated heterocycles. The van der Waals surface area contributed by atoms with Crippen molar-refractivity contribution in [2.45, 2.75) is 44.4 Å². The molecule has 1 aliphatic carbocycles. The number of anilines is 2. The van der Waals surface area contributed by atoms with Gasteiger partial charge in [0, 0.05) is 12.6 Å². The van der Waals surface area contributed by atoms with Crippen LogP contribution in [0.2, 0.25) is 0 Å². The fraction of sp³-hybridized carbons (Fsp3) is 0.292. The van der Waals surface area contributed by atoms with Gasteiger partial charge in [-0.05, 0) is 42.4 Å². The molecule has 0 bridgehead atoms. The molecule has 2 aromatic carbocycles. The minimum Gasteiger partial charge on any atom is -0.393 e. The summed E-state index contributed by atoms with van der Waals surface area (Å²) in [5.74, 6) is 1.03. The van der Waals surface area contributed by atoms with Gasteiger partial charge >= 0.3 is 0 Å². The van der Waals surface area contributed by atoms with Gasteiger partial charge in [0.15, 0.2) is 0 Å². The highest BCUT2D eigenvalue weighted by Crippen LogP contribution is 2.25. The van der Waals surface area contributed by atoms with Gasteiger partial charge in [0.25, 0.3) is 0 Å². The molecule has 0 atom stereocenters. The second-order valence-corrected chi connectivity index (χ2v) is 7.59. The van der Waals surface area contributed by atoms with Gasteiger partial charge in [0.2, 0.25) is 5.95 Å². The zero-order valence-corrected chi connectivity index (χ0v) is 16.8. The Bertz CT molecular complexity index is 1020. The van der Waals surface area contributed by atoms with E-state index in [1.165, 1.54) is 5.56 Å². The van der Waals surface area contributed by atoms with Crippen LogP contribution in [0.15, 0.2) is 60.8 Å². The predicted octanol–water partition coefficient (Wildman–Crippen LogP) is 4.34. The van der Waals surface area contributed by atoms with Gasteiger partial charge in [0.05, 0.1) is 12.3 Å². The van der Waals surface area contributed by atoms with E-state index in [4.69, 9.17) is 0 Å². The third kappa shape index (κ3) is 4.76. The van der Waals surface area contributed by atoms with Crippen LogP contribution in [0, 0.1) is 11.3 Å². The maximum atomic E-state index is 9.71. The summed E-state index contributed by atoms with van der Waals surface area (Å²) in [5.41, 5.74) is 3.90. The fourth-order valence-electron chi connectivity index (χ4n) is 3.82. The summed E-state index contributed by atoms with van der Waals surface area (Å²) in [4.78, 5) is 8.86. The summed E-state index contributed by atoms with van der Waals surface area (Å²) in [6, 6.07) is 20.9. The SMILES string of the molecule is N#Cc1cnc(NCc2ccccc2-c2ccccc2)nc1NC1CCC(O)CC1. The van der Waals surface area contributed by atoms with Crippen molar-refractivity contribution in [3.05, 3.63) is 71.9 Å². The fourth-order valence-corrected chi connectivity index (χ4v) is 3.82. The third-order valence-corrected chi connectivity index (χ3v) is 5.49. The normalized spacial score (nSPS) is 18.4. The second kappa shape index (κ2) is 9.38. The molecule has 1 fully saturated rings. The van der Waals surface area contributed by atoms with Gasteiger partial charge < -0.3 is 15.7 Å². The van der Waals surface area contributed by atoms with Crippen LogP contribution in [0.1, 0.15) is 36.8 Å². The van der Waals surface area contributed by atoms with E-state index in [2.05, 4.69) is 50.9 Å². The molecule has 1 saturated carbocycles. The molecule has 6 nitrogen and oxygen atoms in total. The van der Waals surface area contributed by atoms with Crippen LogP contribution < -0.4 is 10.6 Å². The molecule has 1 heterocycles. The van der Waals surface area contributed by atoms with E-state index < -0.39 is 0 Å². The Morgan fingerprint density at radius 2 is 1.73 bits per heavy atom. The zero-order chi connectivity index (χ0) is 20.8. The molecular formula is C24H25N5O. The number of nitrogens with zero attached hydrogens (tertiary/aromatic N) is 3. The molecule has 30 heavy (non-hydrogen) atoms. The number of aliphatic hydroxyl groups excluding tert-OH is 1. The lowest BCUT2D eigenvalue weighted by Crippen LogP contribution is -2.29. The summed E-state index contributed by atoms with van der Waals surface area (Å²) in [7, 11) is 0. The average molecular weight is 399 g/mol. The number of benzene rings is 2. The summed E-state index contributed by atoms with van der Waals surface area (Å²) in [5, 5.41) is 25.8. The largest absolute Gasteiger partial charge is 0.393 e. The number of aliphatic hydroxyl groups is 1. The Morgan fingerprint density at radius 1 is 1.00 bits per heavy atom. The Labute approximate surface area is 176 Å². The monoisotopic (exact) mass is 399 g/mol. The minimum absolute atomic E-state index is 0.210. The van der Waals surface area contributed by atoms with Crippen LogP contribution >= 0.6 is 0 Å². The molecule has 0 aliphatic heterocycles. The first kappa shape index (κ1) is 19.9. The first-order valence-corrected chi connectivity index (χ1v) is 10.3. The Kier molecular flexibility index (Phi) is 6.21. The number of hydrogen-bond acceptors (Lipinski definition) is 6. The average Bonchev–Trinajstić information content (AvgIpc) is 2.80. The second-order valence-electron chi connectivity index (χ2n) is 7.59. The lowest BCUT2D eigenvalue weighted by atomic mass is 9.93. The van der Waals surface area contributed by atoms with E-state index >= 15 is 0 Å². The molecule has 0 unspecified atom stereocenters. The summed E-state index contributed by atoms with van der Waals surface area (Å²) in [6.45, 7) is 0.575. The standard InChI is InChI=1S/C24H25N5O/c25-14-19-16-27-24(29-23(19)28-20-10-12-21(30)13-11-20)26-15-18-8-4-5-9-22(18)17-6-2-1-3-7-17/h1-9,16,20-21,30H,10-13,15H2,(H2,26,27,28,29). The van der Waals surface area contributed by atoms with Gasteiger partial charge in [-0.1, -0.05) is 54.6 Å². The van der Waals surface area contributed by atoms with Crippen LogP contribution in [0.5, 0.6) is 0 Å². The maximum absolute atomic E-state index is 9.71. The van der Waals surface area contributed by atoms with Crippen molar-refractivity contribution < 1.29 is 5.11 Å². The van der Waals surface area contributed by atoms with Crippen molar-refractivity contribution >= 4 is 11.8 Å². The molecule has 3 aromatic rings. The third-order valence-electron chi connectivity index (χ3n) is 5.49. The van der Waals surface area contributed by atoms with Crippen molar-refractivity contribution in [2.24, 2.45) is 0 Å². The van der Waals surface area contributed by atoms with Gasteiger partial charge in [0.1, 0.15) is 17.5 Å². The first-order chi connectivity index (χ1) is 14.7. The van der Waals surface area contributed by atoms with Crippen molar-refractivity contribution in [1.82, 2.24) is 9.97 Å². The molecule has 6 heteroatoms. The van der Waals surface area contributed by atoms with Crippen LogP contribution in [0.3, 0.4) is 0 Å². The molecular weight excluding hydrogens is 374 g/mol. The summed E-state index contributed by atoms with van der Waals surface area (Å²) >= 11 is 0. The number of nitriles is 1. The zero-order valence-electron chi connectivity index (χ0n) is 16.8. The molecule has 0 radical (unpaired) electrons. The van der Waals surface area contributed by atoms with Crippen molar-refractivity contribution in [2.75, 3.05) is 10.6 Å². The van der Waals surface area contributed by atoms with E-state index in [-0.39, 0.29) is 12.1 Å². The lowest BCUT2D eigenvalue weighted by molar-refractivity contribution is 0.126. The Morgan fingerprint density at radius 3 is 2.50 bits per heavy atom. The number of aromatic nitrogens is 2. The molecule has 1 aromatic heterocycles. The van der Waals surface area contributed by atoms with Gasteiger partial charge in [-0.25, -0.2) is 4.98 Å². The van der Waals surface area contributed by atoms with Gasteiger partial charge in [-0.15, -0.1) is 0 Å². The van der Waals surface area contributed by atoms with Crippen molar-refractivity contribution in [3.63, 3.8) is 0 Å². The number of hydrogen-bond donors (Lipinski definition) is 3. The van der Waals surface area contributed by atoms with Crippen LogP contribution in [0.4, 0.5) is 11.8 Å². The van der Waals surface area contributed by atoms with Gasteiger partial charge in [-0.3, -0.25) is 0 Å². The maximum Gasteiger partial charge on any atom is 0.224 e. The van der Waals surface area contributed by atoms with Crippen LogP contribution in [-0.4, -0.2) is 27.2 Å². The van der Waals surface area contributed by atoms with E-state index in [0.29, 0.717) is 23.9 Å². The highest BCUT2D eigenvalue weighted by atomic mass is 16.3. The molecule has 3 N–H and O–H groups in total. The van der Waals surface area contributed by atoms with Crippen LogP contribution in [0.25, 0.3) is 11.1 Å². The molecule has 0 amide bonds. The van der Waals surface area contributed by atoms with E-state index in [1.807, 2.05) is 30.3 Å². The topological polar surface area (TPSA) is 93.9 Å². The molecule has 152 valence electrons. The lowest BCUT2D eigenvalue weighted by Gasteiger charge is -2.26. The highest BCUT2D eigenvalue weighted by molar-refractivity contribution is 5.67. The van der Waals surface area contributed by atoms with E-state index in [1.54, 1.807) is 6.20 Å². The summed E-state index contributed by atoms with van der Waals surface area (Å²) < 4.78 is 0. The number of nitrogens with one attached hydrogen (secondary N) is 2. The first-order valence-electron chi connectivity index (χ1n) is 10.3. The Balaban J connectivity index is 1.49. The quantitative estimate of drug-likeness (QED) is 0.571. The molecule has 4 rings (SSSR count). The highest BCUT2D eigenvalue weighted by Gasteiger charge is 2.21. The van der Waals surface area contributed by atoms with Gasteiger partial charge in [-0.2, -0.15) is 10.2 Å². The van der Waals surface area contributed by atoms with E-state index in [9.17, 15) is 10.4 Å². The number of rotatable bonds is 6. The van der Waals surface area contributed by atoms with E-state index in [0.717, 1.165) is 36.8 Å². The van der Waals surface area contributed by atoms with Crippen LogP contribution in [-0.2, 0) is 6.54 Å². The molecule has 0 spiro atoms. The Hall–Kier alpha value is -3.43. The minimum atomic E-state index is -0.217. The van der Waals surface area contributed by atoms with Crippen molar-refractivity contribution in [1.29, 1.82) is 5.26 Å². The predicted molar refractivity (Wildman–Crippen MR) is 118 cm³/mol. The van der Waals surface area contributed by atoms with Crippen molar-refractivity contribution in [3.8, 4) is 17.2 Å². The smallest absolute Gasteiger partial charge is 0.224 e.